The smallest absolute Gasteiger partial charge is 0.0639 e. The Bertz CT molecular complexity index is 440. The fraction of sp³-hybridized carbons (Fsp3) is 0.625. The van der Waals surface area contributed by atoms with Crippen LogP contribution in [-0.2, 0) is 0 Å². The summed E-state index contributed by atoms with van der Waals surface area (Å²) in [6, 6.07) is 6.15. The molecule has 3 rings (SSSR count). The van der Waals surface area contributed by atoms with Crippen LogP contribution in [0.1, 0.15) is 44.2 Å². The zero-order valence-electron chi connectivity index (χ0n) is 11.3. The van der Waals surface area contributed by atoms with Gasteiger partial charge in [-0.15, -0.1) is 0 Å². The molecule has 3 heteroatoms. The van der Waals surface area contributed by atoms with E-state index in [0.29, 0.717) is 10.0 Å². The molecular weight excluding hydrogens is 277 g/mol. The highest BCUT2D eigenvalue weighted by molar-refractivity contribution is 6.42. The minimum Gasteiger partial charge on any atom is -0.310 e. The highest BCUT2D eigenvalue weighted by atomic mass is 35.5. The van der Waals surface area contributed by atoms with E-state index < -0.39 is 0 Å². The van der Waals surface area contributed by atoms with Gasteiger partial charge in [0.15, 0.2) is 0 Å². The molecule has 2 fully saturated rings. The summed E-state index contributed by atoms with van der Waals surface area (Å²) in [5.41, 5.74) is 1.11. The average Bonchev–Trinajstić information content (AvgIpc) is 3.26. The van der Waals surface area contributed by atoms with Gasteiger partial charge in [0.25, 0.3) is 0 Å². The van der Waals surface area contributed by atoms with Gasteiger partial charge in [-0.2, -0.15) is 0 Å². The molecule has 19 heavy (non-hydrogen) atoms. The third kappa shape index (κ3) is 3.26. The normalized spacial score (nSPS) is 20.8. The summed E-state index contributed by atoms with van der Waals surface area (Å²) in [6.07, 6.45) is 5.76. The minimum absolute atomic E-state index is 0.270. The molecule has 1 atom stereocenters. The van der Waals surface area contributed by atoms with Crippen LogP contribution in [0.15, 0.2) is 18.2 Å². The highest BCUT2D eigenvalue weighted by Gasteiger charge is 2.41. The second kappa shape index (κ2) is 5.63. The summed E-state index contributed by atoms with van der Waals surface area (Å²) in [5.74, 6) is 2.87. The first-order valence-electron chi connectivity index (χ1n) is 7.34. The molecule has 0 aliphatic heterocycles. The summed E-state index contributed by atoms with van der Waals surface area (Å²) in [6.45, 7) is 3.30. The molecule has 0 radical (unpaired) electrons. The van der Waals surface area contributed by atoms with E-state index in [0.717, 1.165) is 29.9 Å². The molecule has 0 amide bonds. The number of halogens is 2. The summed E-state index contributed by atoms with van der Waals surface area (Å²) in [5, 5.41) is 5.01. The van der Waals surface area contributed by atoms with Crippen molar-refractivity contribution < 1.29 is 0 Å². The number of hydrogen-bond acceptors (Lipinski definition) is 1. The summed E-state index contributed by atoms with van der Waals surface area (Å²) in [4.78, 5) is 0. The molecule has 1 N–H and O–H groups in total. The lowest BCUT2D eigenvalue weighted by molar-refractivity contribution is 0.362. The monoisotopic (exact) mass is 297 g/mol. The SMILES string of the molecule is CC(NCC(C1CC1)C1CC1)c1cccc(Cl)c1Cl. The third-order valence-corrected chi connectivity index (χ3v) is 5.40. The first-order chi connectivity index (χ1) is 9.16. The molecule has 2 aliphatic carbocycles. The molecule has 0 saturated heterocycles. The second-order valence-electron chi connectivity index (χ2n) is 6.11. The maximum Gasteiger partial charge on any atom is 0.0639 e. The molecule has 0 spiro atoms. The van der Waals surface area contributed by atoms with E-state index >= 15 is 0 Å². The number of benzene rings is 1. The van der Waals surface area contributed by atoms with Gasteiger partial charge in [0.05, 0.1) is 10.0 Å². The standard InChI is InChI=1S/C16H21Cl2N/c1-10(13-3-2-4-15(17)16(13)18)19-9-14(11-5-6-11)12-7-8-12/h2-4,10-12,14,19H,5-9H2,1H3. The van der Waals surface area contributed by atoms with Crippen molar-refractivity contribution >= 4 is 23.2 Å². The molecular formula is C16H21Cl2N. The molecule has 0 bridgehead atoms. The van der Waals surface area contributed by atoms with Gasteiger partial charge in [-0.1, -0.05) is 35.3 Å². The molecule has 1 aromatic rings. The van der Waals surface area contributed by atoms with Crippen LogP contribution in [-0.4, -0.2) is 6.54 Å². The van der Waals surface area contributed by atoms with Gasteiger partial charge in [0.1, 0.15) is 0 Å². The predicted molar refractivity (Wildman–Crippen MR) is 81.8 cm³/mol. The first-order valence-corrected chi connectivity index (χ1v) is 8.09. The van der Waals surface area contributed by atoms with E-state index in [1.807, 2.05) is 12.1 Å². The van der Waals surface area contributed by atoms with Crippen molar-refractivity contribution in [2.24, 2.45) is 17.8 Å². The Labute approximate surface area is 125 Å². The molecule has 104 valence electrons. The molecule has 0 aromatic heterocycles. The van der Waals surface area contributed by atoms with Crippen LogP contribution in [0, 0.1) is 17.8 Å². The van der Waals surface area contributed by atoms with Crippen molar-refractivity contribution in [1.82, 2.24) is 5.32 Å². The minimum atomic E-state index is 0.270. The Hall–Kier alpha value is -0.240. The highest BCUT2D eigenvalue weighted by Crippen LogP contribution is 2.49. The van der Waals surface area contributed by atoms with Gasteiger partial charge in [0.2, 0.25) is 0 Å². The third-order valence-electron chi connectivity index (χ3n) is 4.56. The molecule has 1 nitrogen and oxygen atoms in total. The lowest BCUT2D eigenvalue weighted by Crippen LogP contribution is -2.28. The van der Waals surface area contributed by atoms with Gasteiger partial charge in [0, 0.05) is 6.04 Å². The topological polar surface area (TPSA) is 12.0 Å². The van der Waals surface area contributed by atoms with Crippen LogP contribution in [0.3, 0.4) is 0 Å². The van der Waals surface area contributed by atoms with Crippen molar-refractivity contribution in [1.29, 1.82) is 0 Å². The van der Waals surface area contributed by atoms with Crippen LogP contribution in [0.5, 0.6) is 0 Å². The van der Waals surface area contributed by atoms with Crippen molar-refractivity contribution in [3.63, 3.8) is 0 Å². The lowest BCUT2D eigenvalue weighted by Gasteiger charge is -2.21. The van der Waals surface area contributed by atoms with E-state index in [1.54, 1.807) is 0 Å². The first kappa shape index (κ1) is 13.7. The number of rotatable bonds is 6. The van der Waals surface area contributed by atoms with Gasteiger partial charge < -0.3 is 5.32 Å². The Kier molecular flexibility index (Phi) is 4.07. The fourth-order valence-corrected chi connectivity index (χ4v) is 3.52. The Balaban J connectivity index is 1.60. The number of nitrogens with one attached hydrogen (secondary N) is 1. The van der Waals surface area contributed by atoms with E-state index in [4.69, 9.17) is 23.2 Å². The molecule has 0 heterocycles. The zero-order chi connectivity index (χ0) is 13.4. The van der Waals surface area contributed by atoms with Crippen molar-refractivity contribution in [2.45, 2.75) is 38.6 Å². The van der Waals surface area contributed by atoms with Crippen LogP contribution in [0.25, 0.3) is 0 Å². The molecule has 1 aromatic carbocycles. The Morgan fingerprint density at radius 2 is 1.79 bits per heavy atom. The Morgan fingerprint density at radius 3 is 2.37 bits per heavy atom. The second-order valence-corrected chi connectivity index (χ2v) is 6.90. The van der Waals surface area contributed by atoms with E-state index in [9.17, 15) is 0 Å². The fourth-order valence-electron chi connectivity index (χ4n) is 3.04. The summed E-state index contributed by atoms with van der Waals surface area (Å²) >= 11 is 12.4. The summed E-state index contributed by atoms with van der Waals surface area (Å²) < 4.78 is 0. The van der Waals surface area contributed by atoms with Crippen molar-refractivity contribution in [2.75, 3.05) is 6.54 Å². The lowest BCUT2D eigenvalue weighted by atomic mass is 9.97. The van der Waals surface area contributed by atoms with Gasteiger partial charge in [-0.05, 0) is 68.5 Å². The Morgan fingerprint density at radius 1 is 1.16 bits per heavy atom. The summed E-state index contributed by atoms with van der Waals surface area (Å²) in [7, 11) is 0. The van der Waals surface area contributed by atoms with Crippen LogP contribution in [0.2, 0.25) is 10.0 Å². The van der Waals surface area contributed by atoms with Crippen LogP contribution < -0.4 is 5.32 Å². The van der Waals surface area contributed by atoms with E-state index in [1.165, 1.54) is 25.7 Å². The molecule has 1 unspecified atom stereocenters. The molecule has 2 saturated carbocycles. The van der Waals surface area contributed by atoms with Crippen molar-refractivity contribution in [3.8, 4) is 0 Å². The predicted octanol–water partition coefficient (Wildman–Crippen LogP) is 5.08. The average molecular weight is 298 g/mol. The van der Waals surface area contributed by atoms with Gasteiger partial charge in [-0.25, -0.2) is 0 Å². The quantitative estimate of drug-likeness (QED) is 0.772. The number of hydrogen-bond donors (Lipinski definition) is 1. The van der Waals surface area contributed by atoms with E-state index in [2.05, 4.69) is 18.3 Å². The van der Waals surface area contributed by atoms with Gasteiger partial charge >= 0.3 is 0 Å². The van der Waals surface area contributed by atoms with Crippen LogP contribution in [0.4, 0.5) is 0 Å². The van der Waals surface area contributed by atoms with Crippen LogP contribution >= 0.6 is 23.2 Å². The zero-order valence-corrected chi connectivity index (χ0v) is 12.8. The van der Waals surface area contributed by atoms with E-state index in [-0.39, 0.29) is 6.04 Å². The maximum atomic E-state index is 6.28. The maximum absolute atomic E-state index is 6.28. The van der Waals surface area contributed by atoms with Gasteiger partial charge in [-0.3, -0.25) is 0 Å². The van der Waals surface area contributed by atoms with Crippen molar-refractivity contribution in [3.05, 3.63) is 33.8 Å². The largest absolute Gasteiger partial charge is 0.310 e. The molecule has 2 aliphatic rings.